The van der Waals surface area contributed by atoms with Gasteiger partial charge in [-0.2, -0.15) is 0 Å². The lowest BCUT2D eigenvalue weighted by Gasteiger charge is -2.36. The van der Waals surface area contributed by atoms with E-state index in [0.29, 0.717) is 31.1 Å². The predicted octanol–water partition coefficient (Wildman–Crippen LogP) is 2.85. The predicted molar refractivity (Wildman–Crippen MR) is 78.8 cm³/mol. The third kappa shape index (κ3) is 2.97. The minimum Gasteiger partial charge on any atom is -0.493 e. The lowest BCUT2D eigenvalue weighted by Crippen LogP contribution is -2.42. The van der Waals surface area contributed by atoms with Crippen LogP contribution >= 0.6 is 0 Å². The van der Waals surface area contributed by atoms with Crippen molar-refractivity contribution in [1.82, 2.24) is 0 Å². The molecule has 114 valence electrons. The van der Waals surface area contributed by atoms with Gasteiger partial charge in [0, 0.05) is 25.6 Å². The fourth-order valence-electron chi connectivity index (χ4n) is 3.29. The third-order valence-electron chi connectivity index (χ3n) is 4.38. The second-order valence-corrected chi connectivity index (χ2v) is 5.82. The van der Waals surface area contributed by atoms with E-state index in [-0.39, 0.29) is 17.3 Å². The molecule has 2 atom stereocenters. The molecule has 2 fully saturated rings. The van der Waals surface area contributed by atoms with Gasteiger partial charge in [-0.25, -0.2) is 0 Å². The average molecular weight is 290 g/mol. The zero-order chi connectivity index (χ0) is 14.7. The van der Waals surface area contributed by atoms with Crippen LogP contribution in [0, 0.1) is 5.92 Å². The van der Waals surface area contributed by atoms with Crippen LogP contribution in [0.2, 0.25) is 0 Å². The van der Waals surface area contributed by atoms with Crippen LogP contribution in [0.1, 0.15) is 36.5 Å². The highest BCUT2D eigenvalue weighted by atomic mass is 16.6. The molecule has 1 aromatic rings. The zero-order valence-electron chi connectivity index (χ0n) is 12.5. The number of hydrogen-bond donors (Lipinski definition) is 0. The van der Waals surface area contributed by atoms with Gasteiger partial charge in [0.1, 0.15) is 5.75 Å². The molecule has 2 aliphatic heterocycles. The maximum atomic E-state index is 12.9. The summed E-state index contributed by atoms with van der Waals surface area (Å²) in [7, 11) is 0. The lowest BCUT2D eigenvalue weighted by atomic mass is 9.81. The van der Waals surface area contributed by atoms with E-state index in [9.17, 15) is 4.79 Å². The van der Waals surface area contributed by atoms with Crippen LogP contribution in [0.15, 0.2) is 24.3 Å². The van der Waals surface area contributed by atoms with E-state index in [1.807, 2.05) is 31.2 Å². The number of para-hydroxylation sites is 1. The normalized spacial score (nSPS) is 28.7. The maximum absolute atomic E-state index is 12.9. The van der Waals surface area contributed by atoms with E-state index in [2.05, 4.69) is 0 Å². The van der Waals surface area contributed by atoms with E-state index in [4.69, 9.17) is 14.2 Å². The highest BCUT2D eigenvalue weighted by molar-refractivity contribution is 6.00. The summed E-state index contributed by atoms with van der Waals surface area (Å²) in [5, 5.41) is 0. The Morgan fingerprint density at radius 1 is 1.38 bits per heavy atom. The van der Waals surface area contributed by atoms with Crippen LogP contribution in [0.3, 0.4) is 0 Å². The standard InChI is InChI=1S/C17H22O4/c1-2-20-15-6-4-3-5-14(15)16(18)13-7-9-21-17(11-13)8-10-19-12-17/h3-6,13H,2,7-12H2,1H3. The number of hydrogen-bond acceptors (Lipinski definition) is 4. The number of rotatable bonds is 4. The van der Waals surface area contributed by atoms with E-state index in [1.54, 1.807) is 0 Å². The lowest BCUT2D eigenvalue weighted by molar-refractivity contribution is -0.0920. The van der Waals surface area contributed by atoms with Gasteiger partial charge in [-0.15, -0.1) is 0 Å². The Labute approximate surface area is 125 Å². The number of Topliss-reactive ketones (excluding diaryl/α,β-unsaturated/α-hetero) is 1. The van der Waals surface area contributed by atoms with Gasteiger partial charge in [-0.05, 0) is 31.9 Å². The van der Waals surface area contributed by atoms with Crippen molar-refractivity contribution in [3.05, 3.63) is 29.8 Å². The Bertz CT molecular complexity index is 505. The SMILES string of the molecule is CCOc1ccccc1C(=O)C1CCOC2(CCOC2)C1. The maximum Gasteiger partial charge on any atom is 0.169 e. The van der Waals surface area contributed by atoms with Gasteiger partial charge in [-0.1, -0.05) is 12.1 Å². The number of carbonyl (C=O) groups is 1. The van der Waals surface area contributed by atoms with E-state index in [0.717, 1.165) is 25.9 Å². The Hall–Kier alpha value is -1.39. The monoisotopic (exact) mass is 290 g/mol. The van der Waals surface area contributed by atoms with Crippen molar-refractivity contribution < 1.29 is 19.0 Å². The summed E-state index contributed by atoms with van der Waals surface area (Å²) in [5.41, 5.74) is 0.458. The molecule has 2 aliphatic rings. The van der Waals surface area contributed by atoms with Gasteiger partial charge in [-0.3, -0.25) is 4.79 Å². The van der Waals surface area contributed by atoms with Crippen LogP contribution in [0.5, 0.6) is 5.75 Å². The summed E-state index contributed by atoms with van der Waals surface area (Å²) in [6, 6.07) is 7.52. The largest absolute Gasteiger partial charge is 0.493 e. The van der Waals surface area contributed by atoms with Crippen molar-refractivity contribution in [2.24, 2.45) is 5.92 Å². The van der Waals surface area contributed by atoms with Crippen LogP contribution in [-0.2, 0) is 9.47 Å². The van der Waals surface area contributed by atoms with Crippen molar-refractivity contribution in [1.29, 1.82) is 0 Å². The molecular formula is C17H22O4. The fourth-order valence-corrected chi connectivity index (χ4v) is 3.29. The summed E-state index contributed by atoms with van der Waals surface area (Å²) in [6.45, 7) is 4.48. The summed E-state index contributed by atoms with van der Waals surface area (Å²) < 4.78 is 17.0. The van der Waals surface area contributed by atoms with Gasteiger partial charge in [0.25, 0.3) is 0 Å². The van der Waals surface area contributed by atoms with E-state index < -0.39 is 0 Å². The molecule has 0 bridgehead atoms. The zero-order valence-corrected chi connectivity index (χ0v) is 12.5. The number of benzene rings is 1. The first kappa shape index (κ1) is 14.5. The molecule has 3 rings (SSSR count). The minimum atomic E-state index is -0.237. The molecule has 0 radical (unpaired) electrons. The second-order valence-electron chi connectivity index (χ2n) is 5.82. The van der Waals surface area contributed by atoms with Crippen LogP contribution in [0.25, 0.3) is 0 Å². The quantitative estimate of drug-likeness (QED) is 0.800. The number of carbonyl (C=O) groups excluding carboxylic acids is 1. The molecule has 2 heterocycles. The summed E-state index contributed by atoms with van der Waals surface area (Å²) in [5.74, 6) is 0.865. The van der Waals surface area contributed by atoms with E-state index in [1.165, 1.54) is 0 Å². The first-order valence-corrected chi connectivity index (χ1v) is 7.72. The van der Waals surface area contributed by atoms with Gasteiger partial charge in [0.15, 0.2) is 5.78 Å². The van der Waals surface area contributed by atoms with Gasteiger partial charge < -0.3 is 14.2 Å². The Morgan fingerprint density at radius 3 is 3.00 bits per heavy atom. The van der Waals surface area contributed by atoms with Crippen molar-refractivity contribution in [2.45, 2.75) is 31.8 Å². The molecule has 0 aromatic heterocycles. The van der Waals surface area contributed by atoms with Gasteiger partial charge in [0.05, 0.1) is 24.4 Å². The molecule has 0 amide bonds. The number of ketones is 1. The Kier molecular flexibility index (Phi) is 4.27. The summed E-state index contributed by atoms with van der Waals surface area (Å²) >= 11 is 0. The van der Waals surface area contributed by atoms with Gasteiger partial charge in [0.2, 0.25) is 0 Å². The third-order valence-corrected chi connectivity index (χ3v) is 4.38. The Balaban J connectivity index is 1.78. The topological polar surface area (TPSA) is 44.8 Å². The van der Waals surface area contributed by atoms with Crippen LogP contribution < -0.4 is 4.74 Å². The number of ether oxygens (including phenoxy) is 3. The molecule has 0 saturated carbocycles. The second kappa shape index (κ2) is 6.16. The summed E-state index contributed by atoms with van der Waals surface area (Å²) in [6.07, 6.45) is 2.43. The molecule has 0 N–H and O–H groups in total. The van der Waals surface area contributed by atoms with Crippen molar-refractivity contribution in [3.63, 3.8) is 0 Å². The fraction of sp³-hybridized carbons (Fsp3) is 0.588. The molecule has 21 heavy (non-hydrogen) atoms. The van der Waals surface area contributed by atoms with E-state index >= 15 is 0 Å². The van der Waals surface area contributed by atoms with Crippen molar-refractivity contribution in [2.75, 3.05) is 26.4 Å². The molecule has 2 saturated heterocycles. The first-order valence-electron chi connectivity index (χ1n) is 7.72. The summed E-state index contributed by atoms with van der Waals surface area (Å²) in [4.78, 5) is 12.9. The first-order chi connectivity index (χ1) is 10.2. The van der Waals surface area contributed by atoms with Crippen LogP contribution in [-0.4, -0.2) is 37.8 Å². The molecule has 1 spiro atoms. The highest BCUT2D eigenvalue weighted by Gasteiger charge is 2.43. The molecule has 1 aromatic carbocycles. The average Bonchev–Trinajstić information content (AvgIpc) is 2.95. The van der Waals surface area contributed by atoms with Crippen LogP contribution in [0.4, 0.5) is 0 Å². The smallest absolute Gasteiger partial charge is 0.169 e. The minimum absolute atomic E-state index is 0.00190. The molecular weight excluding hydrogens is 268 g/mol. The molecule has 4 nitrogen and oxygen atoms in total. The Morgan fingerprint density at radius 2 is 2.24 bits per heavy atom. The highest BCUT2D eigenvalue weighted by Crippen LogP contribution is 2.38. The van der Waals surface area contributed by atoms with Gasteiger partial charge >= 0.3 is 0 Å². The molecule has 2 unspecified atom stereocenters. The molecule has 0 aliphatic carbocycles. The molecule has 4 heteroatoms. The van der Waals surface area contributed by atoms with Crippen molar-refractivity contribution >= 4 is 5.78 Å². The van der Waals surface area contributed by atoms with Crippen molar-refractivity contribution in [3.8, 4) is 5.75 Å².